The molecule has 1 aromatic carbocycles. The lowest BCUT2D eigenvalue weighted by Crippen LogP contribution is -2.12. The zero-order chi connectivity index (χ0) is 14.5. The van der Waals surface area contributed by atoms with Gasteiger partial charge < -0.3 is 9.84 Å². The van der Waals surface area contributed by atoms with Crippen molar-refractivity contribution in [2.75, 3.05) is 12.4 Å². The largest absolute Gasteiger partial charge is 0.466 e. The molecule has 20 heavy (non-hydrogen) atoms. The molecular formula is C16H20O3S. The van der Waals surface area contributed by atoms with Gasteiger partial charge in [-0.1, -0.05) is 24.3 Å². The first-order valence-corrected chi connectivity index (χ1v) is 7.89. The van der Waals surface area contributed by atoms with Gasteiger partial charge in [0.2, 0.25) is 0 Å². The molecule has 1 aliphatic heterocycles. The molecule has 1 N–H and O–H groups in total. The Labute approximate surface area is 124 Å². The molecular weight excluding hydrogens is 272 g/mol. The number of aliphatic hydroxyl groups is 1. The molecule has 0 radical (unpaired) electrons. The summed E-state index contributed by atoms with van der Waals surface area (Å²) in [6.45, 7) is 4.06. The van der Waals surface area contributed by atoms with E-state index in [0.29, 0.717) is 6.61 Å². The minimum atomic E-state index is -0.321. The molecule has 2 atom stereocenters. The normalized spacial score (nSPS) is 21.9. The second-order valence-corrected chi connectivity index (χ2v) is 6.01. The smallest absolute Gasteiger partial charge is 0.313 e. The van der Waals surface area contributed by atoms with Crippen molar-refractivity contribution >= 4 is 23.8 Å². The molecule has 0 amide bonds. The maximum absolute atomic E-state index is 11.7. The Morgan fingerprint density at radius 2 is 2.20 bits per heavy atom. The molecule has 108 valence electrons. The summed E-state index contributed by atoms with van der Waals surface area (Å²) in [6.07, 6.45) is 2.52. The van der Waals surface area contributed by atoms with E-state index in [2.05, 4.69) is 0 Å². The van der Waals surface area contributed by atoms with Crippen molar-refractivity contribution in [3.05, 3.63) is 40.3 Å². The minimum absolute atomic E-state index is 0.194. The number of hydrogen-bond donors (Lipinski definition) is 1. The van der Waals surface area contributed by atoms with Crippen molar-refractivity contribution in [2.45, 2.75) is 32.3 Å². The van der Waals surface area contributed by atoms with E-state index in [-0.39, 0.29) is 18.0 Å². The van der Waals surface area contributed by atoms with E-state index >= 15 is 0 Å². The average Bonchev–Trinajstić information content (AvgIpc) is 2.85. The average molecular weight is 292 g/mol. The molecule has 0 aliphatic carbocycles. The standard InChI is InChI=1S/C16H20O3S/c1-3-19-16(18)11(2)13-6-4-12(5-7-13)10-15-14(17)8-9-20-15/h4-7,10-11,14,17H,3,8-9H2,1-2H3. The molecule has 1 heterocycles. The van der Waals surface area contributed by atoms with Crippen molar-refractivity contribution in [3.63, 3.8) is 0 Å². The van der Waals surface area contributed by atoms with Gasteiger partial charge in [-0.2, -0.15) is 0 Å². The lowest BCUT2D eigenvalue weighted by molar-refractivity contribution is -0.144. The summed E-state index contributed by atoms with van der Waals surface area (Å²) >= 11 is 1.70. The molecule has 2 rings (SSSR count). The van der Waals surface area contributed by atoms with E-state index in [0.717, 1.165) is 28.2 Å². The number of rotatable bonds is 4. The third-order valence-electron chi connectivity index (χ3n) is 3.37. The Morgan fingerprint density at radius 3 is 2.75 bits per heavy atom. The van der Waals surface area contributed by atoms with Crippen LogP contribution in [0, 0.1) is 0 Å². The Hall–Kier alpha value is -1.26. The third-order valence-corrected chi connectivity index (χ3v) is 4.54. The maximum Gasteiger partial charge on any atom is 0.313 e. The molecule has 1 aliphatic rings. The number of ether oxygens (including phenoxy) is 1. The molecule has 2 unspecified atom stereocenters. The van der Waals surface area contributed by atoms with Crippen LogP contribution in [-0.4, -0.2) is 29.5 Å². The zero-order valence-corrected chi connectivity index (χ0v) is 12.7. The number of esters is 1. The number of carbonyl (C=O) groups is 1. The molecule has 4 heteroatoms. The van der Waals surface area contributed by atoms with Crippen LogP contribution in [-0.2, 0) is 9.53 Å². The summed E-state index contributed by atoms with van der Waals surface area (Å²) < 4.78 is 5.02. The lowest BCUT2D eigenvalue weighted by atomic mass is 10.00. The van der Waals surface area contributed by atoms with Gasteiger partial charge in [-0.25, -0.2) is 0 Å². The van der Waals surface area contributed by atoms with Crippen molar-refractivity contribution < 1.29 is 14.6 Å². The molecule has 0 aromatic heterocycles. The molecule has 0 spiro atoms. The van der Waals surface area contributed by atoms with Gasteiger partial charge in [0.05, 0.1) is 18.6 Å². The van der Waals surface area contributed by atoms with Crippen LogP contribution >= 0.6 is 11.8 Å². The van der Waals surface area contributed by atoms with Crippen LogP contribution in [0.1, 0.15) is 37.3 Å². The predicted molar refractivity (Wildman–Crippen MR) is 82.5 cm³/mol. The van der Waals surface area contributed by atoms with E-state index in [9.17, 15) is 9.90 Å². The van der Waals surface area contributed by atoms with Crippen LogP contribution in [0.25, 0.3) is 6.08 Å². The highest BCUT2D eigenvalue weighted by atomic mass is 32.2. The van der Waals surface area contributed by atoms with Crippen LogP contribution in [0.5, 0.6) is 0 Å². The monoisotopic (exact) mass is 292 g/mol. The van der Waals surface area contributed by atoms with Gasteiger partial charge in [0, 0.05) is 10.7 Å². The second-order valence-electron chi connectivity index (χ2n) is 4.84. The first kappa shape index (κ1) is 15.1. The van der Waals surface area contributed by atoms with Gasteiger partial charge in [-0.3, -0.25) is 4.79 Å². The second kappa shape index (κ2) is 6.95. The van der Waals surface area contributed by atoms with Gasteiger partial charge in [-0.15, -0.1) is 11.8 Å². The molecule has 1 saturated heterocycles. The van der Waals surface area contributed by atoms with Gasteiger partial charge in [-0.05, 0) is 37.5 Å². The van der Waals surface area contributed by atoms with E-state index < -0.39 is 0 Å². The van der Waals surface area contributed by atoms with E-state index in [1.165, 1.54) is 0 Å². The summed E-state index contributed by atoms with van der Waals surface area (Å²) in [5, 5.41) is 9.77. The minimum Gasteiger partial charge on any atom is -0.466 e. The molecule has 1 fully saturated rings. The number of hydrogen-bond acceptors (Lipinski definition) is 4. The number of thioether (sulfide) groups is 1. The van der Waals surface area contributed by atoms with Crippen LogP contribution in [0.4, 0.5) is 0 Å². The topological polar surface area (TPSA) is 46.5 Å². The van der Waals surface area contributed by atoms with Crippen LogP contribution < -0.4 is 0 Å². The van der Waals surface area contributed by atoms with E-state index in [1.807, 2.05) is 44.2 Å². The van der Waals surface area contributed by atoms with Crippen LogP contribution in [0.3, 0.4) is 0 Å². The highest BCUT2D eigenvalue weighted by Gasteiger charge is 2.19. The summed E-state index contributed by atoms with van der Waals surface area (Å²) in [5.41, 5.74) is 2.00. The Bertz CT molecular complexity index is 493. The SMILES string of the molecule is CCOC(=O)C(C)c1ccc(C=C2SCCC2O)cc1. The van der Waals surface area contributed by atoms with Gasteiger partial charge in [0.25, 0.3) is 0 Å². The number of benzene rings is 1. The van der Waals surface area contributed by atoms with E-state index in [4.69, 9.17) is 4.74 Å². The van der Waals surface area contributed by atoms with Gasteiger partial charge >= 0.3 is 5.97 Å². The van der Waals surface area contributed by atoms with Crippen molar-refractivity contribution in [3.8, 4) is 0 Å². The van der Waals surface area contributed by atoms with Crippen molar-refractivity contribution in [2.24, 2.45) is 0 Å². The fraction of sp³-hybridized carbons (Fsp3) is 0.438. The fourth-order valence-corrected chi connectivity index (χ4v) is 3.22. The molecule has 1 aromatic rings. The zero-order valence-electron chi connectivity index (χ0n) is 11.8. The molecule has 3 nitrogen and oxygen atoms in total. The Kier molecular flexibility index (Phi) is 5.26. The molecule has 0 saturated carbocycles. The highest BCUT2D eigenvalue weighted by Crippen LogP contribution is 2.32. The Balaban J connectivity index is 2.08. The predicted octanol–water partition coefficient (Wildman–Crippen LogP) is 3.19. The van der Waals surface area contributed by atoms with Crippen molar-refractivity contribution in [1.29, 1.82) is 0 Å². The first-order valence-electron chi connectivity index (χ1n) is 6.91. The summed E-state index contributed by atoms with van der Waals surface area (Å²) in [6, 6.07) is 7.84. The quantitative estimate of drug-likeness (QED) is 0.866. The lowest BCUT2D eigenvalue weighted by Gasteiger charge is -2.11. The number of carbonyl (C=O) groups excluding carboxylic acids is 1. The Morgan fingerprint density at radius 1 is 1.50 bits per heavy atom. The van der Waals surface area contributed by atoms with Crippen molar-refractivity contribution in [1.82, 2.24) is 0 Å². The highest BCUT2D eigenvalue weighted by molar-refractivity contribution is 8.03. The first-order chi connectivity index (χ1) is 9.61. The van der Waals surface area contributed by atoms with Crippen LogP contribution in [0.15, 0.2) is 29.2 Å². The summed E-state index contributed by atoms with van der Waals surface area (Å²) in [4.78, 5) is 12.7. The van der Waals surface area contributed by atoms with Gasteiger partial charge in [0.1, 0.15) is 0 Å². The fourth-order valence-electron chi connectivity index (χ4n) is 2.11. The number of aliphatic hydroxyl groups excluding tert-OH is 1. The maximum atomic E-state index is 11.7. The van der Waals surface area contributed by atoms with Crippen LogP contribution in [0.2, 0.25) is 0 Å². The van der Waals surface area contributed by atoms with Gasteiger partial charge in [0.15, 0.2) is 0 Å². The summed E-state index contributed by atoms with van der Waals surface area (Å²) in [7, 11) is 0. The van der Waals surface area contributed by atoms with E-state index in [1.54, 1.807) is 11.8 Å². The molecule has 0 bridgehead atoms. The summed E-state index contributed by atoms with van der Waals surface area (Å²) in [5.74, 6) is 0.536. The third kappa shape index (κ3) is 3.64.